The van der Waals surface area contributed by atoms with Crippen LogP contribution < -0.4 is 22.0 Å². The summed E-state index contributed by atoms with van der Waals surface area (Å²) < 4.78 is 1.36. The fourth-order valence-electron chi connectivity index (χ4n) is 3.27. The Morgan fingerprint density at radius 3 is 2.53 bits per heavy atom. The molecule has 32 heavy (non-hydrogen) atoms. The number of halogens is 1. The van der Waals surface area contributed by atoms with E-state index in [0.29, 0.717) is 51.0 Å². The second-order valence-corrected chi connectivity index (χ2v) is 8.69. The van der Waals surface area contributed by atoms with Crippen LogP contribution in [0.2, 0.25) is 0 Å². The Hall–Kier alpha value is -3.36. The highest BCUT2D eigenvalue weighted by Gasteiger charge is 2.24. The molecule has 4 rings (SSSR count). The molecular weight excluding hydrogens is 446 g/mol. The van der Waals surface area contributed by atoms with Crippen molar-refractivity contribution in [3.05, 3.63) is 81.9 Å². The number of anilines is 3. The molecule has 7 nitrogen and oxygen atoms in total. The number of nitrogens with zero attached hydrogens (tertiary/aromatic N) is 2. The van der Waals surface area contributed by atoms with Gasteiger partial charge in [0.05, 0.1) is 0 Å². The van der Waals surface area contributed by atoms with E-state index in [2.05, 4.69) is 15.6 Å². The van der Waals surface area contributed by atoms with Gasteiger partial charge in [-0.2, -0.15) is 0 Å². The molecule has 0 bridgehead atoms. The van der Waals surface area contributed by atoms with Gasteiger partial charge in [-0.15, -0.1) is 22.9 Å². The van der Waals surface area contributed by atoms with Crippen molar-refractivity contribution in [3.63, 3.8) is 0 Å². The van der Waals surface area contributed by atoms with E-state index in [1.54, 1.807) is 0 Å². The van der Waals surface area contributed by atoms with Gasteiger partial charge in [0.15, 0.2) is 0 Å². The highest BCUT2D eigenvalue weighted by Crippen LogP contribution is 2.35. The first-order chi connectivity index (χ1) is 15.5. The van der Waals surface area contributed by atoms with Crippen LogP contribution in [0, 0.1) is 6.92 Å². The minimum atomic E-state index is -0.393. The maximum absolute atomic E-state index is 13.4. The zero-order valence-corrected chi connectivity index (χ0v) is 19.0. The Bertz CT molecular complexity index is 1320. The van der Waals surface area contributed by atoms with E-state index in [1.807, 2.05) is 61.5 Å². The Morgan fingerprint density at radius 1 is 1.12 bits per heavy atom. The fraction of sp³-hybridized carbons (Fsp3) is 0.174. The number of aryl methyl sites for hydroxylation is 2. The maximum atomic E-state index is 13.4. The molecule has 0 aliphatic carbocycles. The van der Waals surface area contributed by atoms with Gasteiger partial charge in [-0.25, -0.2) is 9.66 Å². The zero-order valence-electron chi connectivity index (χ0n) is 17.4. The van der Waals surface area contributed by atoms with E-state index < -0.39 is 5.56 Å². The maximum Gasteiger partial charge on any atom is 0.289 e. The second kappa shape index (κ2) is 9.42. The second-order valence-electron chi connectivity index (χ2n) is 7.29. The van der Waals surface area contributed by atoms with Gasteiger partial charge in [0.2, 0.25) is 0 Å². The lowest BCUT2D eigenvalue weighted by molar-refractivity contribution is 0.102. The number of nitrogen functional groups attached to an aromatic ring is 1. The molecule has 0 spiro atoms. The number of fused-ring (bicyclic) bond motifs is 1. The van der Waals surface area contributed by atoms with Gasteiger partial charge in [0.1, 0.15) is 26.6 Å². The average molecular weight is 468 g/mol. The number of benzene rings is 2. The van der Waals surface area contributed by atoms with Gasteiger partial charge >= 0.3 is 0 Å². The molecule has 164 valence electrons. The Kier molecular flexibility index (Phi) is 6.43. The number of nitrogens with two attached hydrogens (primary N) is 1. The molecular formula is C23H22ClN5O2S. The van der Waals surface area contributed by atoms with E-state index in [0.717, 1.165) is 27.3 Å². The SMILES string of the molecule is Cc1ccc(NC(=O)c2c(Nc3ccccc3)sc3c(=O)n(N)c(CCCCl)nc23)cc1. The molecule has 0 aliphatic heterocycles. The molecule has 0 radical (unpaired) electrons. The summed E-state index contributed by atoms with van der Waals surface area (Å²) in [5.74, 6) is 6.44. The first kappa shape index (κ1) is 21.9. The molecule has 9 heteroatoms. The van der Waals surface area contributed by atoms with Crippen molar-refractivity contribution in [2.45, 2.75) is 19.8 Å². The molecule has 0 aliphatic rings. The van der Waals surface area contributed by atoms with Crippen LogP contribution in [0.5, 0.6) is 0 Å². The molecule has 2 aromatic heterocycles. The minimum absolute atomic E-state index is 0.305. The van der Waals surface area contributed by atoms with E-state index in [4.69, 9.17) is 17.4 Å². The molecule has 0 saturated heterocycles. The number of carbonyl (C=O) groups is 1. The third-order valence-corrected chi connectivity index (χ3v) is 6.27. The quantitative estimate of drug-likeness (QED) is 0.271. The predicted molar refractivity (Wildman–Crippen MR) is 132 cm³/mol. The number of amides is 1. The van der Waals surface area contributed by atoms with Crippen molar-refractivity contribution >= 4 is 55.4 Å². The van der Waals surface area contributed by atoms with Crippen molar-refractivity contribution in [2.75, 3.05) is 22.4 Å². The van der Waals surface area contributed by atoms with Crippen molar-refractivity contribution < 1.29 is 4.79 Å². The summed E-state index contributed by atoms with van der Waals surface area (Å²) in [4.78, 5) is 30.9. The molecule has 1 amide bonds. The Labute approximate surface area is 193 Å². The number of carbonyl (C=O) groups excluding carboxylic acids is 1. The number of para-hydroxylation sites is 1. The highest BCUT2D eigenvalue weighted by atomic mass is 35.5. The van der Waals surface area contributed by atoms with Gasteiger partial charge in [-0.05, 0) is 37.6 Å². The molecule has 0 unspecified atom stereocenters. The van der Waals surface area contributed by atoms with E-state index in [9.17, 15) is 9.59 Å². The summed E-state index contributed by atoms with van der Waals surface area (Å²) in [5, 5.41) is 6.69. The third-order valence-electron chi connectivity index (χ3n) is 4.92. The third kappa shape index (κ3) is 4.46. The van der Waals surface area contributed by atoms with Gasteiger partial charge in [-0.1, -0.05) is 35.9 Å². The average Bonchev–Trinajstić information content (AvgIpc) is 3.15. The first-order valence-corrected chi connectivity index (χ1v) is 11.4. The highest BCUT2D eigenvalue weighted by molar-refractivity contribution is 7.23. The predicted octanol–water partition coefficient (Wildman–Crippen LogP) is 4.65. The summed E-state index contributed by atoms with van der Waals surface area (Å²) in [6.07, 6.45) is 1.04. The van der Waals surface area contributed by atoms with Crippen molar-refractivity contribution in [2.24, 2.45) is 0 Å². The van der Waals surface area contributed by atoms with Gasteiger partial charge in [0, 0.05) is 23.7 Å². The number of aromatic nitrogens is 2. The summed E-state index contributed by atoms with van der Waals surface area (Å²) in [7, 11) is 0. The summed E-state index contributed by atoms with van der Waals surface area (Å²) in [5.41, 5.74) is 2.77. The van der Waals surface area contributed by atoms with Crippen LogP contribution in [0.4, 0.5) is 16.4 Å². The summed E-state index contributed by atoms with van der Waals surface area (Å²) in [6, 6.07) is 16.9. The molecule has 2 aromatic carbocycles. The van der Waals surface area contributed by atoms with Crippen LogP contribution in [0.3, 0.4) is 0 Å². The van der Waals surface area contributed by atoms with Crippen LogP contribution in [0.1, 0.15) is 28.2 Å². The molecule has 0 atom stereocenters. The van der Waals surface area contributed by atoms with Crippen LogP contribution in [0.25, 0.3) is 10.2 Å². The number of thiophene rings is 1. The van der Waals surface area contributed by atoms with Crippen molar-refractivity contribution in [1.82, 2.24) is 9.66 Å². The number of hydrogen-bond acceptors (Lipinski definition) is 6. The number of hydrogen-bond donors (Lipinski definition) is 3. The number of alkyl halides is 1. The summed E-state index contributed by atoms with van der Waals surface area (Å²) >= 11 is 6.97. The lowest BCUT2D eigenvalue weighted by Gasteiger charge is -2.10. The zero-order chi connectivity index (χ0) is 22.7. The lowest BCUT2D eigenvalue weighted by atomic mass is 10.2. The number of rotatable bonds is 7. The molecule has 4 aromatic rings. The Balaban J connectivity index is 1.84. The van der Waals surface area contributed by atoms with Crippen molar-refractivity contribution in [1.29, 1.82) is 0 Å². The standard InChI is InChI=1S/C23H22ClN5O2S/c1-14-9-11-16(12-10-14)26-21(30)18-19-20(23(31)29(25)17(28-19)8-5-13-24)32-22(18)27-15-6-3-2-4-7-15/h2-4,6-7,9-12,27H,5,8,13,25H2,1H3,(H,26,30). The van der Waals surface area contributed by atoms with Crippen molar-refractivity contribution in [3.8, 4) is 0 Å². The van der Waals surface area contributed by atoms with Crippen LogP contribution in [-0.2, 0) is 6.42 Å². The van der Waals surface area contributed by atoms with E-state index >= 15 is 0 Å². The van der Waals surface area contributed by atoms with Crippen LogP contribution in [-0.4, -0.2) is 21.4 Å². The summed E-state index contributed by atoms with van der Waals surface area (Å²) in [6.45, 7) is 1.98. The van der Waals surface area contributed by atoms with Gasteiger partial charge < -0.3 is 16.5 Å². The normalized spacial score (nSPS) is 10.9. The van der Waals surface area contributed by atoms with Crippen LogP contribution >= 0.6 is 22.9 Å². The first-order valence-electron chi connectivity index (χ1n) is 10.1. The molecule has 0 fully saturated rings. The minimum Gasteiger partial charge on any atom is -0.346 e. The fourth-order valence-corrected chi connectivity index (χ4v) is 4.49. The topological polar surface area (TPSA) is 102 Å². The Morgan fingerprint density at radius 2 is 1.84 bits per heavy atom. The van der Waals surface area contributed by atoms with Crippen LogP contribution in [0.15, 0.2) is 59.4 Å². The van der Waals surface area contributed by atoms with E-state index in [1.165, 1.54) is 0 Å². The van der Waals surface area contributed by atoms with Gasteiger partial charge in [-0.3, -0.25) is 9.59 Å². The molecule has 4 N–H and O–H groups in total. The lowest BCUT2D eigenvalue weighted by Crippen LogP contribution is -2.31. The monoisotopic (exact) mass is 467 g/mol. The smallest absolute Gasteiger partial charge is 0.289 e. The largest absolute Gasteiger partial charge is 0.346 e. The number of nitrogens with one attached hydrogen (secondary N) is 2. The van der Waals surface area contributed by atoms with E-state index in [-0.39, 0.29) is 5.91 Å². The molecule has 2 heterocycles. The molecule has 0 saturated carbocycles. The van der Waals surface area contributed by atoms with Gasteiger partial charge in [0.25, 0.3) is 11.5 Å².